The maximum Gasteiger partial charge on any atom is 0.0295 e. The van der Waals surface area contributed by atoms with Crippen LogP contribution in [0.2, 0.25) is 0 Å². The summed E-state index contributed by atoms with van der Waals surface area (Å²) in [5, 5.41) is 0. The Hall–Kier alpha value is 0.140. The molecule has 13 heavy (non-hydrogen) atoms. The van der Waals surface area contributed by atoms with E-state index in [1.54, 1.807) is 0 Å². The molecule has 0 spiro atoms. The van der Waals surface area contributed by atoms with Crippen molar-refractivity contribution < 1.29 is 0 Å². The van der Waals surface area contributed by atoms with E-state index in [9.17, 15) is 0 Å². The summed E-state index contributed by atoms with van der Waals surface area (Å²) in [6.45, 7) is 11.7. The second-order valence-corrected chi connectivity index (χ2v) is 5.20. The Morgan fingerprint density at radius 2 is 1.85 bits per heavy atom. The molecule has 3 heteroatoms. The Balaban J connectivity index is 2.48. The zero-order valence-corrected chi connectivity index (χ0v) is 10.3. The summed E-state index contributed by atoms with van der Waals surface area (Å²) in [6.07, 6.45) is 0. The maximum atomic E-state index is 3.88. The first-order chi connectivity index (χ1) is 6.00. The summed E-state index contributed by atoms with van der Waals surface area (Å²) in [5.41, 5.74) is 0. The van der Waals surface area contributed by atoms with Gasteiger partial charge in [0.2, 0.25) is 0 Å². The van der Waals surface area contributed by atoms with Crippen LogP contribution in [-0.4, -0.2) is 48.6 Å². The van der Waals surface area contributed by atoms with Gasteiger partial charge in [0.1, 0.15) is 0 Å². The van der Waals surface area contributed by atoms with Crippen molar-refractivity contribution in [2.24, 2.45) is 0 Å². The average molecular weight is 247 g/mol. The molecule has 0 aromatic rings. The SMILES string of the molecule is C=C(Br)CN1C[C@@H](C)N(C)[C@@H](C)C1. The molecule has 0 aromatic carbocycles. The third-order valence-corrected chi connectivity index (χ3v) is 3.08. The van der Waals surface area contributed by atoms with Gasteiger partial charge in [0.15, 0.2) is 0 Å². The Morgan fingerprint density at radius 3 is 2.23 bits per heavy atom. The third kappa shape index (κ3) is 3.08. The lowest BCUT2D eigenvalue weighted by atomic mass is 10.1. The van der Waals surface area contributed by atoms with Crippen molar-refractivity contribution in [3.05, 3.63) is 11.1 Å². The van der Waals surface area contributed by atoms with Crippen LogP contribution in [0.15, 0.2) is 11.1 Å². The summed E-state index contributed by atoms with van der Waals surface area (Å²) in [6, 6.07) is 1.30. The molecule has 1 aliphatic heterocycles. The van der Waals surface area contributed by atoms with Crippen molar-refractivity contribution in [2.75, 3.05) is 26.7 Å². The van der Waals surface area contributed by atoms with Gasteiger partial charge >= 0.3 is 0 Å². The number of likely N-dealkylation sites (N-methyl/N-ethyl adjacent to an activating group) is 1. The number of halogens is 1. The maximum absolute atomic E-state index is 3.88. The molecule has 1 saturated heterocycles. The van der Waals surface area contributed by atoms with E-state index in [2.05, 4.69) is 53.2 Å². The molecule has 1 rings (SSSR count). The fraction of sp³-hybridized carbons (Fsp3) is 0.800. The van der Waals surface area contributed by atoms with E-state index in [0.29, 0.717) is 12.1 Å². The zero-order chi connectivity index (χ0) is 10.0. The highest BCUT2D eigenvalue weighted by Gasteiger charge is 2.25. The lowest BCUT2D eigenvalue weighted by Gasteiger charge is -2.42. The summed E-state index contributed by atoms with van der Waals surface area (Å²) >= 11 is 3.42. The number of hydrogen-bond acceptors (Lipinski definition) is 2. The van der Waals surface area contributed by atoms with Crippen molar-refractivity contribution in [3.63, 3.8) is 0 Å². The normalized spacial score (nSPS) is 32.0. The summed E-state index contributed by atoms with van der Waals surface area (Å²) in [7, 11) is 2.20. The molecular weight excluding hydrogens is 228 g/mol. The van der Waals surface area contributed by atoms with Crippen LogP contribution in [0.5, 0.6) is 0 Å². The van der Waals surface area contributed by atoms with E-state index in [1.165, 1.54) is 0 Å². The molecule has 2 nitrogen and oxygen atoms in total. The average Bonchev–Trinajstić information content (AvgIpc) is 1.98. The van der Waals surface area contributed by atoms with Gasteiger partial charge in [-0.3, -0.25) is 9.80 Å². The Labute approximate surface area is 89.7 Å². The van der Waals surface area contributed by atoms with Gasteiger partial charge in [0.25, 0.3) is 0 Å². The van der Waals surface area contributed by atoms with Crippen LogP contribution in [0.1, 0.15) is 13.8 Å². The highest BCUT2D eigenvalue weighted by atomic mass is 79.9. The first-order valence-electron chi connectivity index (χ1n) is 4.78. The smallest absolute Gasteiger partial charge is 0.0295 e. The van der Waals surface area contributed by atoms with E-state index in [0.717, 1.165) is 24.1 Å². The fourth-order valence-corrected chi connectivity index (χ4v) is 2.24. The van der Waals surface area contributed by atoms with Crippen molar-refractivity contribution in [1.29, 1.82) is 0 Å². The second-order valence-electron chi connectivity index (χ2n) is 4.07. The van der Waals surface area contributed by atoms with Gasteiger partial charge in [0, 0.05) is 36.2 Å². The van der Waals surface area contributed by atoms with E-state index in [1.807, 2.05) is 0 Å². The lowest BCUT2D eigenvalue weighted by molar-refractivity contribution is 0.0670. The van der Waals surface area contributed by atoms with Gasteiger partial charge in [-0.25, -0.2) is 0 Å². The Bertz CT molecular complexity index is 181. The molecule has 1 fully saturated rings. The third-order valence-electron chi connectivity index (χ3n) is 2.83. The first-order valence-corrected chi connectivity index (χ1v) is 5.57. The molecule has 0 radical (unpaired) electrons. The van der Waals surface area contributed by atoms with E-state index in [-0.39, 0.29) is 0 Å². The number of nitrogens with zero attached hydrogens (tertiary/aromatic N) is 2. The fourth-order valence-electron chi connectivity index (χ4n) is 1.89. The Kier molecular flexibility index (Phi) is 3.95. The van der Waals surface area contributed by atoms with Gasteiger partial charge in [0.05, 0.1) is 0 Å². The topological polar surface area (TPSA) is 6.48 Å². The quantitative estimate of drug-likeness (QED) is 0.735. The standard InChI is InChI=1S/C10H19BrN2/c1-8(11)5-13-6-9(2)12(4)10(3)7-13/h9-10H,1,5-7H2,2-4H3/t9-,10+. The van der Waals surface area contributed by atoms with Crippen LogP contribution >= 0.6 is 15.9 Å². The molecule has 1 aliphatic rings. The monoisotopic (exact) mass is 246 g/mol. The van der Waals surface area contributed by atoms with E-state index >= 15 is 0 Å². The molecule has 0 saturated carbocycles. The highest BCUT2D eigenvalue weighted by Crippen LogP contribution is 2.15. The predicted molar refractivity (Wildman–Crippen MR) is 61.2 cm³/mol. The van der Waals surface area contributed by atoms with Crippen LogP contribution < -0.4 is 0 Å². The largest absolute Gasteiger partial charge is 0.298 e. The predicted octanol–water partition coefficient (Wildman–Crippen LogP) is 1.92. The minimum absolute atomic E-state index is 0.649. The zero-order valence-electron chi connectivity index (χ0n) is 8.76. The van der Waals surface area contributed by atoms with Crippen LogP contribution in [0, 0.1) is 0 Å². The van der Waals surface area contributed by atoms with Gasteiger partial charge in [-0.15, -0.1) is 0 Å². The van der Waals surface area contributed by atoms with Crippen molar-refractivity contribution in [2.45, 2.75) is 25.9 Å². The summed E-state index contributed by atoms with van der Waals surface area (Å²) in [5.74, 6) is 0. The van der Waals surface area contributed by atoms with E-state index < -0.39 is 0 Å². The number of hydrogen-bond donors (Lipinski definition) is 0. The molecule has 0 aromatic heterocycles. The number of piperazine rings is 1. The van der Waals surface area contributed by atoms with Crippen LogP contribution in [0.4, 0.5) is 0 Å². The Morgan fingerprint density at radius 1 is 1.38 bits per heavy atom. The van der Waals surface area contributed by atoms with Gasteiger partial charge < -0.3 is 0 Å². The first kappa shape index (κ1) is 11.2. The van der Waals surface area contributed by atoms with Crippen molar-refractivity contribution in [1.82, 2.24) is 9.80 Å². The van der Waals surface area contributed by atoms with Gasteiger partial charge in [-0.2, -0.15) is 0 Å². The van der Waals surface area contributed by atoms with Crippen LogP contribution in [0.3, 0.4) is 0 Å². The van der Waals surface area contributed by atoms with E-state index in [4.69, 9.17) is 0 Å². The molecule has 0 unspecified atom stereocenters. The minimum atomic E-state index is 0.649. The summed E-state index contributed by atoms with van der Waals surface area (Å²) < 4.78 is 1.08. The molecule has 1 heterocycles. The lowest BCUT2D eigenvalue weighted by Crippen LogP contribution is -2.54. The molecule has 0 bridgehead atoms. The van der Waals surface area contributed by atoms with Gasteiger partial charge in [-0.05, 0) is 20.9 Å². The van der Waals surface area contributed by atoms with Crippen LogP contribution in [-0.2, 0) is 0 Å². The molecule has 0 amide bonds. The molecule has 2 atom stereocenters. The minimum Gasteiger partial charge on any atom is -0.298 e. The van der Waals surface area contributed by atoms with Crippen molar-refractivity contribution in [3.8, 4) is 0 Å². The molecular formula is C10H19BrN2. The molecule has 76 valence electrons. The van der Waals surface area contributed by atoms with Crippen LogP contribution in [0.25, 0.3) is 0 Å². The number of rotatable bonds is 2. The summed E-state index contributed by atoms with van der Waals surface area (Å²) in [4.78, 5) is 4.89. The highest BCUT2D eigenvalue weighted by molar-refractivity contribution is 9.11. The van der Waals surface area contributed by atoms with Crippen molar-refractivity contribution >= 4 is 15.9 Å². The van der Waals surface area contributed by atoms with Gasteiger partial charge in [-0.1, -0.05) is 22.5 Å². The second kappa shape index (κ2) is 4.58. The molecule has 0 aliphatic carbocycles. The molecule has 0 N–H and O–H groups in total.